The fraction of sp³-hybridized carbons (Fsp3) is 0.600. The first-order valence-electron chi connectivity index (χ1n) is 6.73. The molecule has 0 amide bonds. The van der Waals surface area contributed by atoms with Gasteiger partial charge in [0.2, 0.25) is 0 Å². The average molecular weight is 281 g/mol. The number of nitrogens with one attached hydrogen (secondary N) is 1. The molecule has 1 saturated carbocycles. The van der Waals surface area contributed by atoms with Gasteiger partial charge in [-0.1, -0.05) is 46.8 Å². The zero-order valence-corrected chi connectivity index (χ0v) is 13.1. The summed E-state index contributed by atoms with van der Waals surface area (Å²) in [4.78, 5) is 0.413. The second-order valence-corrected chi connectivity index (χ2v) is 8.67. The predicted molar refractivity (Wildman–Crippen MR) is 79.1 cm³/mol. The first kappa shape index (κ1) is 14.4. The first-order valence-corrected chi connectivity index (χ1v) is 8.38. The Hall–Kier alpha value is -1.03. The third kappa shape index (κ3) is 2.16. The van der Waals surface area contributed by atoms with Crippen LogP contribution in [0, 0.1) is 10.8 Å². The smallest absolute Gasteiger partial charge is 0.180 e. The van der Waals surface area contributed by atoms with Gasteiger partial charge in [-0.2, -0.15) is 0 Å². The zero-order chi connectivity index (χ0) is 14.5. The molecule has 0 aromatic heterocycles. The van der Waals surface area contributed by atoms with Crippen LogP contribution in [0.2, 0.25) is 0 Å². The van der Waals surface area contributed by atoms with Crippen LogP contribution < -0.4 is 5.32 Å². The van der Waals surface area contributed by atoms with Crippen LogP contribution in [-0.2, 0) is 9.84 Å². The molecule has 0 unspecified atom stereocenters. The van der Waals surface area contributed by atoms with E-state index in [1.165, 1.54) is 0 Å². The lowest BCUT2D eigenvalue weighted by molar-refractivity contribution is 0.457. The molecule has 1 fully saturated rings. The second-order valence-electron chi connectivity index (χ2n) is 6.42. The highest BCUT2D eigenvalue weighted by Crippen LogP contribution is 2.63. The van der Waals surface area contributed by atoms with Gasteiger partial charge in [-0.25, -0.2) is 8.42 Å². The number of benzene rings is 1. The van der Waals surface area contributed by atoms with Crippen molar-refractivity contribution in [3.8, 4) is 0 Å². The fourth-order valence-electron chi connectivity index (χ4n) is 2.73. The Morgan fingerprint density at radius 1 is 1.11 bits per heavy atom. The normalized spacial score (nSPS) is 21.1. The number of hydrogen-bond acceptors (Lipinski definition) is 3. The van der Waals surface area contributed by atoms with E-state index in [1.807, 2.05) is 12.1 Å². The van der Waals surface area contributed by atoms with Crippen LogP contribution in [0.4, 0.5) is 5.69 Å². The van der Waals surface area contributed by atoms with Crippen LogP contribution in [-0.4, -0.2) is 20.2 Å². The summed E-state index contributed by atoms with van der Waals surface area (Å²) in [6.07, 6.45) is 0. The summed E-state index contributed by atoms with van der Waals surface area (Å²) in [6, 6.07) is 7.49. The Balaban J connectivity index is 2.34. The van der Waals surface area contributed by atoms with Gasteiger partial charge >= 0.3 is 0 Å². The largest absolute Gasteiger partial charge is 0.380 e. The number of anilines is 1. The SMILES string of the molecule is CCS(=O)(=O)c1ccccc1NC1C(C)(C)C1(C)C. The van der Waals surface area contributed by atoms with Gasteiger partial charge in [0, 0.05) is 6.04 Å². The highest BCUT2D eigenvalue weighted by Gasteiger charge is 2.65. The molecular formula is C15H23NO2S. The molecule has 19 heavy (non-hydrogen) atoms. The van der Waals surface area contributed by atoms with Crippen molar-refractivity contribution in [1.29, 1.82) is 0 Å². The number of para-hydroxylation sites is 1. The molecule has 106 valence electrons. The summed E-state index contributed by atoms with van der Waals surface area (Å²) in [5, 5.41) is 3.43. The van der Waals surface area contributed by atoms with Crippen molar-refractivity contribution in [2.45, 2.75) is 45.6 Å². The highest BCUT2D eigenvalue weighted by molar-refractivity contribution is 7.91. The zero-order valence-electron chi connectivity index (χ0n) is 12.3. The average Bonchev–Trinajstić information content (AvgIpc) is 2.72. The molecule has 1 aliphatic carbocycles. The van der Waals surface area contributed by atoms with Crippen LogP contribution in [0.3, 0.4) is 0 Å². The summed E-state index contributed by atoms with van der Waals surface area (Å²) in [5.41, 5.74) is 1.08. The molecule has 0 aliphatic heterocycles. The third-order valence-electron chi connectivity index (χ3n) is 4.92. The topological polar surface area (TPSA) is 46.2 Å². The van der Waals surface area contributed by atoms with Crippen molar-refractivity contribution in [2.24, 2.45) is 10.8 Å². The maximum atomic E-state index is 12.1. The van der Waals surface area contributed by atoms with E-state index in [0.717, 1.165) is 5.69 Å². The quantitative estimate of drug-likeness (QED) is 0.921. The van der Waals surface area contributed by atoms with Crippen molar-refractivity contribution in [2.75, 3.05) is 11.1 Å². The van der Waals surface area contributed by atoms with Crippen LogP contribution in [0.15, 0.2) is 29.2 Å². The molecule has 0 saturated heterocycles. The van der Waals surface area contributed by atoms with Gasteiger partial charge < -0.3 is 5.32 Å². The second kappa shape index (κ2) is 4.23. The Morgan fingerprint density at radius 3 is 2.11 bits per heavy atom. The molecule has 1 N–H and O–H groups in total. The van der Waals surface area contributed by atoms with Crippen LogP contribution in [0.5, 0.6) is 0 Å². The summed E-state index contributed by atoms with van der Waals surface area (Å²) >= 11 is 0. The fourth-order valence-corrected chi connectivity index (χ4v) is 3.78. The summed E-state index contributed by atoms with van der Waals surface area (Å²) in [7, 11) is -3.18. The van der Waals surface area contributed by atoms with Crippen molar-refractivity contribution in [3.63, 3.8) is 0 Å². The minimum Gasteiger partial charge on any atom is -0.380 e. The van der Waals surface area contributed by atoms with E-state index in [-0.39, 0.29) is 16.6 Å². The number of hydrogen-bond donors (Lipinski definition) is 1. The molecule has 0 spiro atoms. The molecular weight excluding hydrogens is 258 g/mol. The molecule has 0 heterocycles. The molecule has 2 rings (SSSR count). The van der Waals surface area contributed by atoms with Crippen LogP contribution in [0.25, 0.3) is 0 Å². The molecule has 0 radical (unpaired) electrons. The van der Waals surface area contributed by atoms with E-state index in [0.29, 0.717) is 10.9 Å². The summed E-state index contributed by atoms with van der Waals surface area (Å²) < 4.78 is 24.2. The van der Waals surface area contributed by atoms with Gasteiger partial charge in [0.1, 0.15) is 0 Å². The maximum absolute atomic E-state index is 12.1. The van der Waals surface area contributed by atoms with E-state index in [9.17, 15) is 8.42 Å². The molecule has 0 atom stereocenters. The molecule has 0 bridgehead atoms. The van der Waals surface area contributed by atoms with Crippen molar-refractivity contribution >= 4 is 15.5 Å². The van der Waals surface area contributed by atoms with E-state index >= 15 is 0 Å². The van der Waals surface area contributed by atoms with E-state index < -0.39 is 9.84 Å². The lowest BCUT2D eigenvalue weighted by Crippen LogP contribution is -2.14. The van der Waals surface area contributed by atoms with Crippen LogP contribution in [0.1, 0.15) is 34.6 Å². The van der Waals surface area contributed by atoms with Crippen molar-refractivity contribution in [3.05, 3.63) is 24.3 Å². The lowest BCUT2D eigenvalue weighted by atomic mass is 10.0. The van der Waals surface area contributed by atoms with E-state index in [4.69, 9.17) is 0 Å². The lowest BCUT2D eigenvalue weighted by Gasteiger charge is -2.13. The van der Waals surface area contributed by atoms with Crippen molar-refractivity contribution in [1.82, 2.24) is 0 Å². The third-order valence-corrected chi connectivity index (χ3v) is 6.71. The Bertz CT molecular complexity index is 574. The molecule has 1 aromatic rings. The minimum atomic E-state index is -3.18. The molecule has 1 aromatic carbocycles. The van der Waals surface area contributed by atoms with Gasteiger partial charge in [-0.3, -0.25) is 0 Å². The number of rotatable bonds is 4. The maximum Gasteiger partial charge on any atom is 0.180 e. The summed E-state index contributed by atoms with van der Waals surface area (Å²) in [5.74, 6) is 0.128. The minimum absolute atomic E-state index is 0.128. The number of sulfone groups is 1. The van der Waals surface area contributed by atoms with Gasteiger partial charge in [0.25, 0.3) is 0 Å². The van der Waals surface area contributed by atoms with Gasteiger partial charge in [0.15, 0.2) is 9.84 Å². The van der Waals surface area contributed by atoms with E-state index in [2.05, 4.69) is 33.0 Å². The molecule has 1 aliphatic rings. The van der Waals surface area contributed by atoms with E-state index in [1.54, 1.807) is 19.1 Å². The Labute approximate surface area is 116 Å². The first-order chi connectivity index (χ1) is 8.64. The van der Waals surface area contributed by atoms with Crippen LogP contribution >= 0.6 is 0 Å². The molecule has 4 heteroatoms. The highest BCUT2D eigenvalue weighted by atomic mass is 32.2. The molecule has 3 nitrogen and oxygen atoms in total. The standard InChI is InChI=1S/C15H23NO2S/c1-6-19(17,18)12-10-8-7-9-11(12)16-13-14(2,3)15(13,4)5/h7-10,13,16H,6H2,1-5H3. The predicted octanol–water partition coefficient (Wildman–Crippen LogP) is 3.33. The monoisotopic (exact) mass is 281 g/mol. The van der Waals surface area contributed by atoms with Crippen molar-refractivity contribution < 1.29 is 8.42 Å². The Morgan fingerprint density at radius 2 is 1.63 bits per heavy atom. The van der Waals surface area contributed by atoms with Gasteiger partial charge in [-0.15, -0.1) is 0 Å². The van der Waals surface area contributed by atoms with Gasteiger partial charge in [0.05, 0.1) is 16.3 Å². The summed E-state index contributed by atoms with van der Waals surface area (Å²) in [6.45, 7) is 10.5. The van der Waals surface area contributed by atoms with Gasteiger partial charge in [-0.05, 0) is 23.0 Å². The Kier molecular flexibility index (Phi) is 3.21.